The molecule has 110 valence electrons. The molecular weight excluding hydrogens is 272 g/mol. The van der Waals surface area contributed by atoms with Crippen molar-refractivity contribution in [2.24, 2.45) is 5.92 Å². The summed E-state index contributed by atoms with van der Waals surface area (Å²) < 4.78 is 27.6. The van der Waals surface area contributed by atoms with Gasteiger partial charge in [-0.1, -0.05) is 25.5 Å². The summed E-state index contributed by atoms with van der Waals surface area (Å²) >= 11 is 0. The quantitative estimate of drug-likeness (QED) is 0.878. The van der Waals surface area contributed by atoms with Gasteiger partial charge in [-0.15, -0.1) is 0 Å². The van der Waals surface area contributed by atoms with Gasteiger partial charge in [-0.2, -0.15) is 0 Å². The first-order valence-electron chi connectivity index (χ1n) is 7.44. The fraction of sp³-hybridized carbons (Fsp3) is 0.600. The van der Waals surface area contributed by atoms with Crippen molar-refractivity contribution in [1.29, 1.82) is 0 Å². The average Bonchev–Trinajstić information content (AvgIpc) is 3.12. The summed E-state index contributed by atoms with van der Waals surface area (Å²) in [6.45, 7) is 2.23. The molecule has 3 rings (SSSR count). The van der Waals surface area contributed by atoms with Crippen LogP contribution >= 0.6 is 0 Å². The van der Waals surface area contributed by atoms with Crippen LogP contribution in [0.2, 0.25) is 0 Å². The molecule has 0 saturated heterocycles. The van der Waals surface area contributed by atoms with Crippen LogP contribution in [0.5, 0.6) is 0 Å². The maximum Gasteiger partial charge on any atom is 0.242 e. The van der Waals surface area contributed by atoms with E-state index >= 15 is 0 Å². The molecule has 4 nitrogen and oxygen atoms in total. The van der Waals surface area contributed by atoms with Crippen molar-refractivity contribution < 1.29 is 8.42 Å². The van der Waals surface area contributed by atoms with Gasteiger partial charge >= 0.3 is 0 Å². The standard InChI is InChI=1S/C15H22N2O2S/c1-11-5-4-7-13(11)16-14-6-2-3-8-15(14)20(18,19)17-12-9-10-12/h2-3,6,8,11-13,16-17H,4-5,7,9-10H2,1H3. The number of para-hydroxylation sites is 1. The normalized spacial score (nSPS) is 26.6. The van der Waals surface area contributed by atoms with Crippen LogP contribution in [0, 0.1) is 5.92 Å². The Balaban J connectivity index is 1.83. The molecule has 0 aliphatic heterocycles. The highest BCUT2D eigenvalue weighted by molar-refractivity contribution is 7.89. The van der Waals surface area contributed by atoms with Gasteiger partial charge in [0, 0.05) is 12.1 Å². The summed E-state index contributed by atoms with van der Waals surface area (Å²) in [6.07, 6.45) is 5.45. The first-order chi connectivity index (χ1) is 9.56. The van der Waals surface area contributed by atoms with Crippen molar-refractivity contribution in [2.45, 2.75) is 56.0 Å². The van der Waals surface area contributed by atoms with Crippen LogP contribution in [-0.4, -0.2) is 20.5 Å². The number of hydrogen-bond donors (Lipinski definition) is 2. The van der Waals surface area contributed by atoms with E-state index in [4.69, 9.17) is 0 Å². The minimum absolute atomic E-state index is 0.137. The Kier molecular flexibility index (Phi) is 3.73. The van der Waals surface area contributed by atoms with Crippen LogP contribution in [0.25, 0.3) is 0 Å². The van der Waals surface area contributed by atoms with E-state index in [-0.39, 0.29) is 6.04 Å². The van der Waals surface area contributed by atoms with Crippen molar-refractivity contribution in [3.63, 3.8) is 0 Å². The molecule has 20 heavy (non-hydrogen) atoms. The lowest BCUT2D eigenvalue weighted by atomic mass is 10.1. The zero-order valence-electron chi connectivity index (χ0n) is 11.8. The van der Waals surface area contributed by atoms with Gasteiger partial charge in [-0.3, -0.25) is 0 Å². The fourth-order valence-electron chi connectivity index (χ4n) is 2.86. The topological polar surface area (TPSA) is 58.2 Å². The number of anilines is 1. The Labute approximate surface area is 121 Å². The zero-order chi connectivity index (χ0) is 14.2. The molecule has 0 spiro atoms. The van der Waals surface area contributed by atoms with Crippen LogP contribution in [-0.2, 0) is 10.0 Å². The molecule has 2 aliphatic rings. The highest BCUT2D eigenvalue weighted by atomic mass is 32.2. The van der Waals surface area contributed by atoms with Gasteiger partial charge in [0.2, 0.25) is 10.0 Å². The first-order valence-corrected chi connectivity index (χ1v) is 8.92. The highest BCUT2D eigenvalue weighted by Gasteiger charge is 2.30. The average molecular weight is 294 g/mol. The van der Waals surface area contributed by atoms with Crippen molar-refractivity contribution in [3.05, 3.63) is 24.3 Å². The summed E-state index contributed by atoms with van der Waals surface area (Å²) in [6, 6.07) is 7.74. The largest absolute Gasteiger partial charge is 0.381 e. The Hall–Kier alpha value is -1.07. The van der Waals surface area contributed by atoms with Crippen LogP contribution in [0.15, 0.2) is 29.2 Å². The highest BCUT2D eigenvalue weighted by Crippen LogP contribution is 2.31. The van der Waals surface area contributed by atoms with Gasteiger partial charge in [0.25, 0.3) is 0 Å². The summed E-state index contributed by atoms with van der Waals surface area (Å²) in [7, 11) is -3.40. The lowest BCUT2D eigenvalue weighted by Crippen LogP contribution is -2.28. The number of sulfonamides is 1. The van der Waals surface area contributed by atoms with E-state index in [1.807, 2.05) is 12.1 Å². The summed E-state index contributed by atoms with van der Waals surface area (Å²) in [4.78, 5) is 0.381. The predicted molar refractivity (Wildman–Crippen MR) is 80.2 cm³/mol. The lowest BCUT2D eigenvalue weighted by Gasteiger charge is -2.21. The molecule has 1 aromatic carbocycles. The van der Waals surface area contributed by atoms with E-state index in [2.05, 4.69) is 17.0 Å². The second kappa shape index (κ2) is 5.37. The summed E-state index contributed by atoms with van der Waals surface area (Å²) in [5, 5.41) is 3.44. The third-order valence-electron chi connectivity index (χ3n) is 4.28. The van der Waals surface area contributed by atoms with Gasteiger partial charge in [0.15, 0.2) is 0 Å². The minimum Gasteiger partial charge on any atom is -0.381 e. The Morgan fingerprint density at radius 1 is 1.10 bits per heavy atom. The zero-order valence-corrected chi connectivity index (χ0v) is 12.6. The predicted octanol–water partition coefficient (Wildman–Crippen LogP) is 2.73. The van der Waals surface area contributed by atoms with Crippen molar-refractivity contribution in [3.8, 4) is 0 Å². The van der Waals surface area contributed by atoms with E-state index in [1.54, 1.807) is 12.1 Å². The number of benzene rings is 1. The van der Waals surface area contributed by atoms with Gasteiger partial charge < -0.3 is 5.32 Å². The molecule has 0 bridgehead atoms. The van der Waals surface area contributed by atoms with Crippen LogP contribution in [0.3, 0.4) is 0 Å². The monoisotopic (exact) mass is 294 g/mol. The minimum atomic E-state index is -3.40. The molecule has 2 unspecified atom stereocenters. The van der Waals surface area contributed by atoms with Gasteiger partial charge in [0.1, 0.15) is 4.90 Å². The molecule has 0 radical (unpaired) electrons. The Bertz CT molecular complexity index is 581. The molecular formula is C15H22N2O2S. The Morgan fingerprint density at radius 3 is 2.50 bits per heavy atom. The maximum absolute atomic E-state index is 12.4. The van der Waals surface area contributed by atoms with E-state index < -0.39 is 10.0 Å². The molecule has 2 N–H and O–H groups in total. The second-order valence-corrected chi connectivity index (χ2v) is 7.73. The third kappa shape index (κ3) is 2.99. The third-order valence-corrected chi connectivity index (χ3v) is 5.86. The lowest BCUT2D eigenvalue weighted by molar-refractivity contribution is 0.554. The van der Waals surface area contributed by atoms with Crippen molar-refractivity contribution in [2.75, 3.05) is 5.32 Å². The van der Waals surface area contributed by atoms with Crippen LogP contribution in [0.1, 0.15) is 39.0 Å². The second-order valence-electron chi connectivity index (χ2n) is 6.05. The molecule has 0 heterocycles. The maximum atomic E-state index is 12.4. The van der Waals surface area contributed by atoms with Crippen molar-refractivity contribution in [1.82, 2.24) is 4.72 Å². The fourth-order valence-corrected chi connectivity index (χ4v) is 4.34. The first kappa shape index (κ1) is 13.9. The number of rotatable bonds is 5. The van der Waals surface area contributed by atoms with E-state index in [1.165, 1.54) is 12.8 Å². The van der Waals surface area contributed by atoms with Gasteiger partial charge in [0.05, 0.1) is 5.69 Å². The molecule has 2 fully saturated rings. The summed E-state index contributed by atoms with van der Waals surface area (Å²) in [5.41, 5.74) is 0.736. The van der Waals surface area contributed by atoms with Crippen LogP contribution < -0.4 is 10.0 Å². The van der Waals surface area contributed by atoms with E-state index in [0.29, 0.717) is 16.9 Å². The van der Waals surface area contributed by atoms with E-state index in [0.717, 1.165) is 24.9 Å². The molecule has 2 saturated carbocycles. The molecule has 2 aliphatic carbocycles. The van der Waals surface area contributed by atoms with Gasteiger partial charge in [-0.25, -0.2) is 13.1 Å². The molecule has 0 aromatic heterocycles. The molecule has 2 atom stereocenters. The Morgan fingerprint density at radius 2 is 1.85 bits per heavy atom. The SMILES string of the molecule is CC1CCCC1Nc1ccccc1S(=O)(=O)NC1CC1. The van der Waals surface area contributed by atoms with Crippen LogP contribution in [0.4, 0.5) is 5.69 Å². The number of nitrogens with one attached hydrogen (secondary N) is 2. The molecule has 0 amide bonds. The van der Waals surface area contributed by atoms with E-state index in [9.17, 15) is 8.42 Å². The summed E-state index contributed by atoms with van der Waals surface area (Å²) in [5.74, 6) is 0.599. The van der Waals surface area contributed by atoms with Crippen molar-refractivity contribution >= 4 is 15.7 Å². The molecule has 1 aromatic rings. The van der Waals surface area contributed by atoms with Gasteiger partial charge in [-0.05, 0) is 43.7 Å². The number of hydrogen-bond acceptors (Lipinski definition) is 3. The molecule has 5 heteroatoms. The smallest absolute Gasteiger partial charge is 0.242 e.